The Hall–Kier alpha value is -1.87. The van der Waals surface area contributed by atoms with Gasteiger partial charge in [-0.1, -0.05) is 18.9 Å². The maximum absolute atomic E-state index is 11.1. The summed E-state index contributed by atoms with van der Waals surface area (Å²) < 4.78 is 59.3. The lowest BCUT2D eigenvalue weighted by molar-refractivity contribution is 0.304. The van der Waals surface area contributed by atoms with Gasteiger partial charge in [-0.3, -0.25) is 9.27 Å². The molecule has 4 N–H and O–H groups in total. The molecule has 0 aliphatic rings. The average Bonchev–Trinajstić information content (AvgIpc) is 2.43. The van der Waals surface area contributed by atoms with Gasteiger partial charge in [0.15, 0.2) is 0 Å². The number of nitrogens with two attached hydrogens (primary N) is 1. The first-order valence-electron chi connectivity index (χ1n) is 7.04. The highest BCUT2D eigenvalue weighted by molar-refractivity contribution is 7.90. The molecule has 0 aliphatic heterocycles. The number of hydrogen-bond acceptors (Lipinski definition) is 6. The van der Waals surface area contributed by atoms with E-state index in [4.69, 9.17) is 19.7 Å². The van der Waals surface area contributed by atoms with E-state index in [0.29, 0.717) is 25.7 Å². The van der Waals surface area contributed by atoms with Crippen LogP contribution in [0.1, 0.15) is 31.2 Å². The molecule has 0 amide bonds. The van der Waals surface area contributed by atoms with Gasteiger partial charge in [-0.25, -0.2) is 5.14 Å². The molecule has 0 radical (unpaired) electrons. The van der Waals surface area contributed by atoms with Gasteiger partial charge in [-0.2, -0.15) is 22.1 Å². The molecule has 0 aromatic heterocycles. The molecule has 0 unspecified atom stereocenters. The van der Waals surface area contributed by atoms with Crippen molar-refractivity contribution in [2.75, 3.05) is 17.1 Å². The van der Waals surface area contributed by atoms with Gasteiger partial charge < -0.3 is 4.74 Å². The van der Waals surface area contributed by atoms with Crippen LogP contribution in [0.5, 0.6) is 5.75 Å². The van der Waals surface area contributed by atoms with Gasteiger partial charge in [0.25, 0.3) is 20.3 Å². The minimum atomic E-state index is -4.00. The molecular weight excluding hydrogens is 358 g/mol. The molecule has 0 aliphatic carbocycles. The van der Waals surface area contributed by atoms with Crippen LogP contribution in [0.15, 0.2) is 18.2 Å². The van der Waals surface area contributed by atoms with E-state index in [9.17, 15) is 16.8 Å². The summed E-state index contributed by atoms with van der Waals surface area (Å²) in [7, 11) is -7.92. The Bertz CT molecular complexity index is 799. The zero-order valence-electron chi connectivity index (χ0n) is 12.8. The molecule has 0 saturated carbocycles. The van der Waals surface area contributed by atoms with Crippen molar-refractivity contribution in [1.82, 2.24) is 0 Å². The molecule has 9 nitrogen and oxygen atoms in total. The zero-order valence-corrected chi connectivity index (χ0v) is 14.4. The Morgan fingerprint density at radius 2 is 1.83 bits per heavy atom. The molecule has 24 heavy (non-hydrogen) atoms. The zero-order chi connectivity index (χ0) is 18.2. The van der Waals surface area contributed by atoms with Crippen LogP contribution in [-0.2, 0) is 20.3 Å². The Balaban J connectivity index is 2.51. The molecule has 0 saturated heterocycles. The summed E-state index contributed by atoms with van der Waals surface area (Å²) in [5.74, 6) is -0.0441. The predicted octanol–water partition coefficient (Wildman–Crippen LogP) is 1.00. The first-order chi connectivity index (χ1) is 11.1. The number of nitriles is 1. The van der Waals surface area contributed by atoms with Crippen molar-refractivity contribution in [3.63, 3.8) is 0 Å². The number of rotatable bonds is 10. The number of ether oxygens (including phenoxy) is 1. The third kappa shape index (κ3) is 8.11. The second kappa shape index (κ2) is 8.84. The lowest BCUT2D eigenvalue weighted by atomic mass is 10.2. The molecule has 0 atom stereocenters. The number of nitrogens with one attached hydrogen (secondary N) is 1. The van der Waals surface area contributed by atoms with E-state index in [1.165, 1.54) is 18.2 Å². The smallest absolute Gasteiger partial charge is 0.296 e. The summed E-state index contributed by atoms with van der Waals surface area (Å²) in [6.45, 7) is 0.277. The maximum Gasteiger partial charge on any atom is 0.296 e. The van der Waals surface area contributed by atoms with Crippen LogP contribution in [0.25, 0.3) is 0 Å². The van der Waals surface area contributed by atoms with Crippen LogP contribution in [0, 0.1) is 11.3 Å². The molecule has 0 fully saturated rings. The fourth-order valence-electron chi connectivity index (χ4n) is 1.93. The minimum Gasteiger partial charge on any atom is -0.492 e. The van der Waals surface area contributed by atoms with Gasteiger partial charge in [0, 0.05) is 0 Å². The molecule has 1 aromatic rings. The van der Waals surface area contributed by atoms with Gasteiger partial charge in [0.1, 0.15) is 17.4 Å². The Morgan fingerprint density at radius 1 is 1.17 bits per heavy atom. The third-order valence-corrected chi connectivity index (χ3v) is 4.25. The van der Waals surface area contributed by atoms with Crippen molar-refractivity contribution < 1.29 is 26.1 Å². The fourth-order valence-corrected chi connectivity index (χ4v) is 2.97. The van der Waals surface area contributed by atoms with Gasteiger partial charge in [0.2, 0.25) is 0 Å². The van der Waals surface area contributed by atoms with E-state index in [2.05, 4.69) is 0 Å². The van der Waals surface area contributed by atoms with Gasteiger partial charge in [-0.15, -0.1) is 0 Å². The van der Waals surface area contributed by atoms with E-state index in [1.54, 1.807) is 0 Å². The van der Waals surface area contributed by atoms with Crippen LogP contribution in [0.4, 0.5) is 5.69 Å². The third-order valence-electron chi connectivity index (χ3n) is 2.94. The normalized spacial score (nSPS) is 11.7. The van der Waals surface area contributed by atoms with E-state index < -0.39 is 20.3 Å². The Morgan fingerprint density at radius 3 is 2.42 bits per heavy atom. The fraction of sp³-hybridized carbons (Fsp3) is 0.462. The quantitative estimate of drug-likeness (QED) is 0.405. The number of anilines is 1. The Kier molecular flexibility index (Phi) is 7.43. The minimum absolute atomic E-state index is 0.0258. The lowest BCUT2D eigenvalue weighted by Gasteiger charge is -2.11. The highest BCUT2D eigenvalue weighted by Gasteiger charge is 2.12. The van der Waals surface area contributed by atoms with Crippen LogP contribution in [0.2, 0.25) is 0 Å². The summed E-state index contributed by atoms with van der Waals surface area (Å²) >= 11 is 0. The number of hydrogen-bond donors (Lipinski definition) is 3. The average molecular weight is 377 g/mol. The van der Waals surface area contributed by atoms with Gasteiger partial charge >= 0.3 is 0 Å². The Labute approximate surface area is 141 Å². The number of unbranched alkanes of at least 4 members (excludes halogenated alkanes) is 3. The summed E-state index contributed by atoms with van der Waals surface area (Å²) in [5.41, 5.74) is 0.0588. The van der Waals surface area contributed by atoms with Crippen molar-refractivity contribution in [1.29, 1.82) is 5.26 Å². The molecule has 0 spiro atoms. The van der Waals surface area contributed by atoms with E-state index in [0.717, 1.165) is 0 Å². The highest BCUT2D eigenvalue weighted by atomic mass is 32.2. The first-order valence-corrected chi connectivity index (χ1v) is 10.2. The van der Waals surface area contributed by atoms with Crippen molar-refractivity contribution in [2.45, 2.75) is 25.7 Å². The van der Waals surface area contributed by atoms with E-state index in [-0.39, 0.29) is 29.4 Å². The van der Waals surface area contributed by atoms with Crippen molar-refractivity contribution in [2.24, 2.45) is 5.14 Å². The monoisotopic (exact) mass is 377 g/mol. The van der Waals surface area contributed by atoms with Gasteiger partial charge in [0.05, 0.1) is 18.0 Å². The summed E-state index contributed by atoms with van der Waals surface area (Å²) in [6.07, 6.45) is 2.27. The number of benzene rings is 1. The molecular formula is C13H19N3O6S2. The maximum atomic E-state index is 11.1. The van der Waals surface area contributed by atoms with Crippen LogP contribution in [0.3, 0.4) is 0 Å². The SMILES string of the molecule is N#Cc1c(NS(N)(=O)=O)cccc1OCCCCCCS(=O)(=O)O. The molecule has 11 heteroatoms. The lowest BCUT2D eigenvalue weighted by Crippen LogP contribution is -2.22. The van der Waals surface area contributed by atoms with E-state index >= 15 is 0 Å². The van der Waals surface area contributed by atoms with Crippen molar-refractivity contribution in [3.05, 3.63) is 23.8 Å². The molecule has 0 bridgehead atoms. The van der Waals surface area contributed by atoms with Crippen molar-refractivity contribution >= 4 is 26.0 Å². The van der Waals surface area contributed by atoms with E-state index in [1.807, 2.05) is 10.8 Å². The standard InChI is InChI=1S/C13H19N3O6S2/c14-10-11-12(16-24(15,20)21)6-5-7-13(11)22-8-3-1-2-4-9-23(17,18)19/h5-7,16H,1-4,8-9H2,(H2,15,20,21)(H,17,18,19). The second-order valence-electron chi connectivity index (χ2n) is 4.99. The molecule has 134 valence electrons. The molecule has 1 rings (SSSR count). The summed E-state index contributed by atoms with van der Waals surface area (Å²) in [5, 5.41) is 14.0. The topological polar surface area (TPSA) is 160 Å². The van der Waals surface area contributed by atoms with Crippen LogP contribution in [-0.4, -0.2) is 33.7 Å². The largest absolute Gasteiger partial charge is 0.492 e. The summed E-state index contributed by atoms with van der Waals surface area (Å²) in [6, 6.07) is 6.31. The summed E-state index contributed by atoms with van der Waals surface area (Å²) in [4.78, 5) is 0. The highest BCUT2D eigenvalue weighted by Crippen LogP contribution is 2.26. The number of nitrogens with zero attached hydrogens (tertiary/aromatic N) is 1. The van der Waals surface area contributed by atoms with Gasteiger partial charge in [-0.05, 0) is 25.0 Å². The predicted molar refractivity (Wildman–Crippen MR) is 88.3 cm³/mol. The second-order valence-corrected chi connectivity index (χ2v) is 7.85. The molecule has 0 heterocycles. The van der Waals surface area contributed by atoms with Crippen molar-refractivity contribution in [3.8, 4) is 11.8 Å². The van der Waals surface area contributed by atoms with Crippen LogP contribution < -0.4 is 14.6 Å². The first kappa shape index (κ1) is 20.2. The van der Waals surface area contributed by atoms with Crippen LogP contribution >= 0.6 is 0 Å². The molecule has 1 aromatic carbocycles.